The Morgan fingerprint density at radius 2 is 1.79 bits per heavy atom. The molecule has 1 N–H and O–H groups in total. The second-order valence-corrected chi connectivity index (χ2v) is 4.32. The highest BCUT2D eigenvalue weighted by Gasteiger charge is 2.06. The fourth-order valence-corrected chi connectivity index (χ4v) is 1.89. The van der Waals surface area contributed by atoms with E-state index in [2.05, 4.69) is 10.3 Å². The SMILES string of the molecule is Cc1ccc(Nc2nc(=O)oc3ccccc23)cc1. The smallest absolute Gasteiger partial charge is 0.408 e. The molecular weight excluding hydrogens is 240 g/mol. The van der Waals surface area contributed by atoms with Crippen molar-refractivity contribution in [3.63, 3.8) is 0 Å². The summed E-state index contributed by atoms with van der Waals surface area (Å²) in [6, 6.07) is 15.2. The highest BCUT2D eigenvalue weighted by molar-refractivity contribution is 5.89. The van der Waals surface area contributed by atoms with E-state index in [1.165, 1.54) is 5.56 Å². The van der Waals surface area contributed by atoms with E-state index in [-0.39, 0.29) is 0 Å². The summed E-state index contributed by atoms with van der Waals surface area (Å²) in [6.45, 7) is 2.02. The number of hydrogen-bond donors (Lipinski definition) is 1. The molecule has 0 spiro atoms. The van der Waals surface area contributed by atoms with Crippen molar-refractivity contribution in [3.8, 4) is 0 Å². The number of nitrogens with zero attached hydrogens (tertiary/aromatic N) is 1. The average molecular weight is 252 g/mol. The van der Waals surface area contributed by atoms with Crippen LogP contribution < -0.4 is 11.1 Å². The number of rotatable bonds is 2. The maximum Gasteiger partial charge on any atom is 0.441 e. The van der Waals surface area contributed by atoms with Crippen LogP contribution >= 0.6 is 0 Å². The van der Waals surface area contributed by atoms with Crippen LogP contribution in [0.1, 0.15) is 5.56 Å². The van der Waals surface area contributed by atoms with E-state index in [0.29, 0.717) is 11.4 Å². The molecule has 0 fully saturated rings. The lowest BCUT2D eigenvalue weighted by Crippen LogP contribution is -2.07. The topological polar surface area (TPSA) is 55.1 Å². The van der Waals surface area contributed by atoms with Crippen molar-refractivity contribution >= 4 is 22.5 Å². The Labute approximate surface area is 109 Å². The van der Waals surface area contributed by atoms with Gasteiger partial charge in [-0.25, -0.2) is 4.79 Å². The number of aryl methyl sites for hydroxylation is 1. The van der Waals surface area contributed by atoms with Gasteiger partial charge < -0.3 is 9.73 Å². The van der Waals surface area contributed by atoms with Crippen molar-refractivity contribution in [1.82, 2.24) is 4.98 Å². The van der Waals surface area contributed by atoms with Crippen LogP contribution in [0.4, 0.5) is 11.5 Å². The predicted molar refractivity (Wildman–Crippen MR) is 74.7 cm³/mol. The van der Waals surface area contributed by atoms with Crippen LogP contribution in [0.25, 0.3) is 11.0 Å². The Morgan fingerprint density at radius 3 is 2.58 bits per heavy atom. The van der Waals surface area contributed by atoms with Crippen LogP contribution in [-0.4, -0.2) is 4.98 Å². The first-order valence-corrected chi connectivity index (χ1v) is 5.96. The number of benzene rings is 2. The third kappa shape index (κ3) is 2.33. The van der Waals surface area contributed by atoms with Gasteiger partial charge in [0, 0.05) is 5.69 Å². The molecule has 0 radical (unpaired) electrons. The van der Waals surface area contributed by atoms with Crippen LogP contribution in [0.3, 0.4) is 0 Å². The lowest BCUT2D eigenvalue weighted by atomic mass is 10.2. The maximum absolute atomic E-state index is 11.4. The quantitative estimate of drug-likeness (QED) is 0.760. The number of aromatic nitrogens is 1. The highest BCUT2D eigenvalue weighted by Crippen LogP contribution is 2.22. The van der Waals surface area contributed by atoms with Crippen LogP contribution in [0, 0.1) is 6.92 Å². The van der Waals surface area contributed by atoms with Crippen molar-refractivity contribution in [2.24, 2.45) is 0 Å². The van der Waals surface area contributed by atoms with Crippen molar-refractivity contribution in [1.29, 1.82) is 0 Å². The Bertz CT molecular complexity index is 776. The molecule has 1 heterocycles. The standard InChI is InChI=1S/C15H12N2O2/c1-10-6-8-11(9-7-10)16-14-12-4-2-3-5-13(12)19-15(18)17-14/h2-9H,1H3,(H,16,17,18). The van der Waals surface area contributed by atoms with E-state index in [4.69, 9.17) is 4.42 Å². The molecule has 0 aliphatic carbocycles. The van der Waals surface area contributed by atoms with Gasteiger partial charge in [-0.15, -0.1) is 0 Å². The third-order valence-electron chi connectivity index (χ3n) is 2.86. The van der Waals surface area contributed by atoms with Gasteiger partial charge in [-0.3, -0.25) is 0 Å². The first-order valence-electron chi connectivity index (χ1n) is 5.96. The Hall–Kier alpha value is -2.62. The van der Waals surface area contributed by atoms with Crippen molar-refractivity contribution in [3.05, 3.63) is 64.6 Å². The monoisotopic (exact) mass is 252 g/mol. The minimum absolute atomic E-state index is 0.510. The molecule has 1 aromatic heterocycles. The van der Waals surface area contributed by atoms with Crippen molar-refractivity contribution in [2.45, 2.75) is 6.92 Å². The maximum atomic E-state index is 11.4. The Morgan fingerprint density at radius 1 is 1.05 bits per heavy atom. The molecule has 0 aliphatic rings. The van der Waals surface area contributed by atoms with Gasteiger partial charge in [-0.2, -0.15) is 4.98 Å². The number of fused-ring (bicyclic) bond motifs is 1. The second kappa shape index (κ2) is 4.57. The van der Waals surface area contributed by atoms with Gasteiger partial charge in [0.25, 0.3) is 0 Å². The number of hydrogen-bond acceptors (Lipinski definition) is 4. The second-order valence-electron chi connectivity index (χ2n) is 4.32. The summed E-state index contributed by atoms with van der Waals surface area (Å²) in [7, 11) is 0. The lowest BCUT2D eigenvalue weighted by Gasteiger charge is -2.07. The highest BCUT2D eigenvalue weighted by atomic mass is 16.4. The van der Waals surface area contributed by atoms with Gasteiger partial charge in [0.05, 0.1) is 5.39 Å². The summed E-state index contributed by atoms with van der Waals surface area (Å²) in [5.74, 6) is -0.0935. The van der Waals surface area contributed by atoms with Gasteiger partial charge in [0.15, 0.2) is 0 Å². The molecule has 4 nitrogen and oxygen atoms in total. The molecule has 3 aromatic rings. The Kier molecular flexibility index (Phi) is 2.76. The molecule has 4 heteroatoms. The van der Waals surface area contributed by atoms with Gasteiger partial charge in [-0.1, -0.05) is 29.8 Å². The fourth-order valence-electron chi connectivity index (χ4n) is 1.89. The van der Waals surface area contributed by atoms with Gasteiger partial charge >= 0.3 is 5.76 Å². The third-order valence-corrected chi connectivity index (χ3v) is 2.86. The van der Waals surface area contributed by atoms with Crippen LogP contribution in [-0.2, 0) is 0 Å². The summed E-state index contributed by atoms with van der Waals surface area (Å²) >= 11 is 0. The molecule has 0 unspecified atom stereocenters. The minimum atomic E-state index is -0.603. The van der Waals surface area contributed by atoms with E-state index >= 15 is 0 Å². The Balaban J connectivity index is 2.09. The van der Waals surface area contributed by atoms with E-state index in [1.54, 1.807) is 6.07 Å². The molecule has 0 saturated carbocycles. The zero-order chi connectivity index (χ0) is 13.2. The summed E-state index contributed by atoms with van der Waals surface area (Å²) in [5, 5.41) is 3.92. The van der Waals surface area contributed by atoms with E-state index in [1.807, 2.05) is 49.4 Å². The normalized spacial score (nSPS) is 10.6. The summed E-state index contributed by atoms with van der Waals surface area (Å²) in [6.07, 6.45) is 0. The average Bonchev–Trinajstić information content (AvgIpc) is 2.41. The van der Waals surface area contributed by atoms with E-state index in [9.17, 15) is 4.79 Å². The predicted octanol–water partition coefficient (Wildman–Crippen LogP) is 3.24. The molecule has 0 saturated heterocycles. The van der Waals surface area contributed by atoms with Gasteiger partial charge in [0.2, 0.25) is 0 Å². The minimum Gasteiger partial charge on any atom is -0.408 e. The zero-order valence-electron chi connectivity index (χ0n) is 10.4. The molecule has 2 aromatic carbocycles. The first kappa shape index (κ1) is 11.5. The van der Waals surface area contributed by atoms with Crippen LogP contribution in [0.5, 0.6) is 0 Å². The van der Waals surface area contributed by atoms with E-state index in [0.717, 1.165) is 11.1 Å². The van der Waals surface area contributed by atoms with E-state index < -0.39 is 5.76 Å². The molecule has 0 aliphatic heterocycles. The van der Waals surface area contributed by atoms with Crippen molar-refractivity contribution < 1.29 is 4.42 Å². The van der Waals surface area contributed by atoms with Crippen molar-refractivity contribution in [2.75, 3.05) is 5.32 Å². The molecule has 3 rings (SSSR count). The molecule has 0 bridgehead atoms. The molecule has 19 heavy (non-hydrogen) atoms. The summed E-state index contributed by atoms with van der Waals surface area (Å²) in [5.41, 5.74) is 2.59. The van der Waals surface area contributed by atoms with Crippen LogP contribution in [0.2, 0.25) is 0 Å². The molecule has 94 valence electrons. The summed E-state index contributed by atoms with van der Waals surface area (Å²) in [4.78, 5) is 15.3. The van der Waals surface area contributed by atoms with Crippen LogP contribution in [0.15, 0.2) is 57.7 Å². The largest absolute Gasteiger partial charge is 0.441 e. The lowest BCUT2D eigenvalue weighted by molar-refractivity contribution is 0.533. The van der Waals surface area contributed by atoms with Gasteiger partial charge in [0.1, 0.15) is 11.4 Å². The number of para-hydroxylation sites is 1. The number of nitrogens with one attached hydrogen (secondary N) is 1. The molecular formula is C15H12N2O2. The summed E-state index contributed by atoms with van der Waals surface area (Å²) < 4.78 is 5.05. The van der Waals surface area contributed by atoms with Gasteiger partial charge in [-0.05, 0) is 31.2 Å². The zero-order valence-corrected chi connectivity index (χ0v) is 10.4. The fraction of sp³-hybridized carbons (Fsp3) is 0.0667. The number of anilines is 2. The first-order chi connectivity index (χ1) is 9.22. The molecule has 0 amide bonds. The molecule has 0 atom stereocenters.